The molecule has 1 atom stereocenters. The van der Waals surface area contributed by atoms with Crippen LogP contribution >= 0.6 is 0 Å². The van der Waals surface area contributed by atoms with E-state index < -0.39 is 10.0 Å². The Morgan fingerprint density at radius 2 is 1.78 bits per heavy atom. The standard InChI is InChI=1S/C13H22N2O2S/c1-10(2)9-11(3)15-18(16,17)13-8-6-5-7-12(13)14-4/h5-8,10-11,14-15H,9H2,1-4H3. The molecule has 0 heterocycles. The van der Waals surface area contributed by atoms with Gasteiger partial charge in [-0.05, 0) is 31.4 Å². The van der Waals surface area contributed by atoms with E-state index in [0.717, 1.165) is 6.42 Å². The van der Waals surface area contributed by atoms with Crippen LogP contribution in [0.5, 0.6) is 0 Å². The van der Waals surface area contributed by atoms with Crippen LogP contribution in [0.2, 0.25) is 0 Å². The molecule has 0 bridgehead atoms. The van der Waals surface area contributed by atoms with E-state index in [1.807, 2.05) is 13.0 Å². The summed E-state index contributed by atoms with van der Waals surface area (Å²) in [7, 11) is -1.75. The average Bonchev–Trinajstić information content (AvgIpc) is 2.27. The molecule has 5 heteroatoms. The lowest BCUT2D eigenvalue weighted by atomic mass is 10.1. The largest absolute Gasteiger partial charge is 0.387 e. The Hall–Kier alpha value is -1.07. The third kappa shape index (κ3) is 3.99. The van der Waals surface area contributed by atoms with Gasteiger partial charge in [-0.2, -0.15) is 0 Å². The van der Waals surface area contributed by atoms with Gasteiger partial charge in [-0.15, -0.1) is 0 Å². The highest BCUT2D eigenvalue weighted by molar-refractivity contribution is 7.89. The van der Waals surface area contributed by atoms with Gasteiger partial charge in [-0.1, -0.05) is 26.0 Å². The predicted molar refractivity (Wildman–Crippen MR) is 75.2 cm³/mol. The minimum atomic E-state index is -3.46. The lowest BCUT2D eigenvalue weighted by Gasteiger charge is -2.17. The molecule has 1 aromatic carbocycles. The van der Waals surface area contributed by atoms with Crippen molar-refractivity contribution < 1.29 is 8.42 Å². The molecular formula is C13H22N2O2S. The number of nitrogens with one attached hydrogen (secondary N) is 2. The molecule has 4 nitrogen and oxygen atoms in total. The van der Waals surface area contributed by atoms with Crippen LogP contribution in [0, 0.1) is 5.92 Å². The van der Waals surface area contributed by atoms with E-state index in [1.165, 1.54) is 0 Å². The normalized spacial score (nSPS) is 13.6. The van der Waals surface area contributed by atoms with Crippen molar-refractivity contribution in [3.8, 4) is 0 Å². The second kappa shape index (κ2) is 6.20. The third-order valence-electron chi connectivity index (χ3n) is 2.63. The summed E-state index contributed by atoms with van der Waals surface area (Å²) in [5.74, 6) is 0.460. The Bertz CT molecular complexity index is 484. The maximum atomic E-state index is 12.3. The predicted octanol–water partition coefficient (Wildman–Crippen LogP) is 2.44. The van der Waals surface area contributed by atoms with E-state index in [-0.39, 0.29) is 6.04 Å². The van der Waals surface area contributed by atoms with Gasteiger partial charge in [0.25, 0.3) is 0 Å². The molecule has 1 rings (SSSR count). The number of hydrogen-bond donors (Lipinski definition) is 2. The van der Waals surface area contributed by atoms with Crippen LogP contribution in [-0.4, -0.2) is 21.5 Å². The van der Waals surface area contributed by atoms with Crippen LogP contribution < -0.4 is 10.0 Å². The first-order chi connectivity index (χ1) is 8.36. The Kier molecular flexibility index (Phi) is 5.16. The molecule has 2 N–H and O–H groups in total. The molecule has 18 heavy (non-hydrogen) atoms. The molecule has 0 aliphatic carbocycles. The van der Waals surface area contributed by atoms with Crippen molar-refractivity contribution in [1.82, 2.24) is 4.72 Å². The number of benzene rings is 1. The van der Waals surface area contributed by atoms with Crippen molar-refractivity contribution in [2.75, 3.05) is 12.4 Å². The molecule has 0 fully saturated rings. The minimum absolute atomic E-state index is 0.0695. The van der Waals surface area contributed by atoms with Gasteiger partial charge in [0, 0.05) is 13.1 Å². The quantitative estimate of drug-likeness (QED) is 0.834. The SMILES string of the molecule is CNc1ccccc1S(=O)(=O)NC(C)CC(C)C. The highest BCUT2D eigenvalue weighted by atomic mass is 32.2. The van der Waals surface area contributed by atoms with E-state index in [0.29, 0.717) is 16.5 Å². The molecular weight excluding hydrogens is 248 g/mol. The summed E-state index contributed by atoms with van der Waals surface area (Å²) >= 11 is 0. The van der Waals surface area contributed by atoms with Crippen LogP contribution in [-0.2, 0) is 10.0 Å². The second-order valence-corrected chi connectivity index (χ2v) is 6.58. The summed E-state index contributed by atoms with van der Waals surface area (Å²) in [6.45, 7) is 6.04. The van der Waals surface area contributed by atoms with Gasteiger partial charge >= 0.3 is 0 Å². The Morgan fingerprint density at radius 1 is 1.17 bits per heavy atom. The summed E-state index contributed by atoms with van der Waals surface area (Å²) < 4.78 is 27.2. The fraction of sp³-hybridized carbons (Fsp3) is 0.538. The van der Waals surface area contributed by atoms with Gasteiger partial charge in [0.15, 0.2) is 0 Å². The van der Waals surface area contributed by atoms with Crippen molar-refractivity contribution in [2.24, 2.45) is 5.92 Å². The monoisotopic (exact) mass is 270 g/mol. The van der Waals surface area contributed by atoms with E-state index >= 15 is 0 Å². The summed E-state index contributed by atoms with van der Waals surface area (Å²) in [5.41, 5.74) is 0.613. The topological polar surface area (TPSA) is 58.2 Å². The zero-order valence-corrected chi connectivity index (χ0v) is 12.2. The van der Waals surface area contributed by atoms with E-state index in [2.05, 4.69) is 23.9 Å². The summed E-state index contributed by atoms with van der Waals surface area (Å²) in [5, 5.41) is 2.90. The molecule has 0 saturated heterocycles. The van der Waals surface area contributed by atoms with Crippen molar-refractivity contribution >= 4 is 15.7 Å². The molecule has 1 aromatic rings. The van der Waals surface area contributed by atoms with Crippen molar-refractivity contribution in [3.63, 3.8) is 0 Å². The number of hydrogen-bond acceptors (Lipinski definition) is 3. The van der Waals surface area contributed by atoms with Crippen LogP contribution in [0.1, 0.15) is 27.2 Å². The minimum Gasteiger partial charge on any atom is -0.387 e. The fourth-order valence-electron chi connectivity index (χ4n) is 1.99. The first-order valence-electron chi connectivity index (χ1n) is 6.16. The maximum Gasteiger partial charge on any atom is 0.242 e. The zero-order valence-electron chi connectivity index (χ0n) is 11.4. The number of sulfonamides is 1. The molecule has 0 aliphatic heterocycles. The molecule has 0 amide bonds. The lowest BCUT2D eigenvalue weighted by molar-refractivity contribution is 0.482. The number of rotatable bonds is 6. The number of anilines is 1. The van der Waals surface area contributed by atoms with Gasteiger partial charge in [0.1, 0.15) is 4.90 Å². The van der Waals surface area contributed by atoms with E-state index in [1.54, 1.807) is 25.2 Å². The molecule has 1 unspecified atom stereocenters. The van der Waals surface area contributed by atoms with Crippen molar-refractivity contribution in [1.29, 1.82) is 0 Å². The smallest absolute Gasteiger partial charge is 0.242 e. The highest BCUT2D eigenvalue weighted by Gasteiger charge is 2.20. The van der Waals surface area contributed by atoms with Crippen LogP contribution in [0.25, 0.3) is 0 Å². The van der Waals surface area contributed by atoms with Gasteiger partial charge in [0.05, 0.1) is 5.69 Å². The zero-order chi connectivity index (χ0) is 13.8. The molecule has 102 valence electrons. The highest BCUT2D eigenvalue weighted by Crippen LogP contribution is 2.20. The Morgan fingerprint density at radius 3 is 2.33 bits per heavy atom. The maximum absolute atomic E-state index is 12.3. The lowest BCUT2D eigenvalue weighted by Crippen LogP contribution is -2.33. The first kappa shape index (κ1) is 15.0. The van der Waals surface area contributed by atoms with Crippen LogP contribution in [0.3, 0.4) is 0 Å². The summed E-state index contributed by atoms with van der Waals surface area (Å²) in [4.78, 5) is 0.295. The molecule has 0 aliphatic rings. The van der Waals surface area contributed by atoms with Crippen molar-refractivity contribution in [2.45, 2.75) is 38.1 Å². The van der Waals surface area contributed by atoms with Gasteiger partial charge in [-0.25, -0.2) is 13.1 Å². The fourth-order valence-corrected chi connectivity index (χ4v) is 3.46. The molecule has 0 saturated carbocycles. The van der Waals surface area contributed by atoms with Gasteiger partial charge in [-0.3, -0.25) is 0 Å². The summed E-state index contributed by atoms with van der Waals surface area (Å²) in [6, 6.07) is 6.82. The van der Waals surface area contributed by atoms with Crippen LogP contribution in [0.15, 0.2) is 29.2 Å². The first-order valence-corrected chi connectivity index (χ1v) is 7.64. The Labute approximate surface area is 110 Å². The molecule has 0 aromatic heterocycles. The number of para-hydroxylation sites is 1. The average molecular weight is 270 g/mol. The second-order valence-electron chi connectivity index (χ2n) is 4.90. The van der Waals surface area contributed by atoms with E-state index in [4.69, 9.17) is 0 Å². The van der Waals surface area contributed by atoms with Crippen LogP contribution in [0.4, 0.5) is 5.69 Å². The van der Waals surface area contributed by atoms with Gasteiger partial charge < -0.3 is 5.32 Å². The van der Waals surface area contributed by atoms with Crippen molar-refractivity contribution in [3.05, 3.63) is 24.3 Å². The molecule has 0 radical (unpaired) electrons. The summed E-state index contributed by atoms with van der Waals surface area (Å²) in [6.07, 6.45) is 0.820. The molecule has 0 spiro atoms. The third-order valence-corrected chi connectivity index (χ3v) is 4.27. The Balaban J connectivity index is 2.93. The van der Waals surface area contributed by atoms with Gasteiger partial charge in [0.2, 0.25) is 10.0 Å². The van der Waals surface area contributed by atoms with E-state index in [9.17, 15) is 8.42 Å².